The number of rotatable bonds is 5. The molecule has 5 heteroatoms. The first-order valence-electron chi connectivity index (χ1n) is 5.23. The minimum atomic E-state index is -1.24. The van der Waals surface area contributed by atoms with Crippen LogP contribution in [0.15, 0.2) is 18.2 Å². The molecule has 0 fully saturated rings. The lowest BCUT2D eigenvalue weighted by molar-refractivity contribution is 0.0160. The third-order valence-electron chi connectivity index (χ3n) is 2.53. The molecule has 2 atom stereocenters. The van der Waals surface area contributed by atoms with Crippen molar-refractivity contribution in [3.8, 4) is 0 Å². The summed E-state index contributed by atoms with van der Waals surface area (Å²) in [5, 5.41) is 28.5. The lowest BCUT2D eigenvalue weighted by Gasteiger charge is -2.19. The van der Waals surface area contributed by atoms with E-state index in [2.05, 4.69) is 0 Å². The summed E-state index contributed by atoms with van der Waals surface area (Å²) in [7, 11) is 0. The van der Waals surface area contributed by atoms with Crippen LogP contribution in [-0.2, 0) is 0 Å². The maximum atomic E-state index is 11.0. The zero-order valence-corrected chi connectivity index (χ0v) is 10.2. The van der Waals surface area contributed by atoms with Crippen LogP contribution in [0.25, 0.3) is 0 Å². The predicted octanol–water partition coefficient (Wildman–Crippen LogP) is 1.72. The van der Waals surface area contributed by atoms with Crippen LogP contribution in [0.1, 0.15) is 34.0 Å². The summed E-state index contributed by atoms with van der Waals surface area (Å²) in [5.41, 5.74) is 0.997. The zero-order valence-electron chi connectivity index (χ0n) is 9.43. The number of benzene rings is 1. The Kier molecular flexibility index (Phi) is 4.93. The molecule has 0 saturated carbocycles. The van der Waals surface area contributed by atoms with Crippen LogP contribution in [0.2, 0.25) is 0 Å². The Labute approximate surface area is 104 Å². The standard InChI is InChI=1S/C12H15ClO4/c1-7-2-3-8(9(6-7)12(16)17)11(15)10(14)4-5-13/h2-3,6,10-11,14-15H,4-5H2,1H3,(H,16,17). The number of carbonyl (C=O) groups is 1. The van der Waals surface area contributed by atoms with E-state index in [0.717, 1.165) is 5.56 Å². The van der Waals surface area contributed by atoms with E-state index in [4.69, 9.17) is 16.7 Å². The summed E-state index contributed by atoms with van der Waals surface area (Å²) in [6, 6.07) is 4.67. The summed E-state index contributed by atoms with van der Waals surface area (Å²) in [4.78, 5) is 11.0. The van der Waals surface area contributed by atoms with Crippen molar-refractivity contribution in [1.82, 2.24) is 0 Å². The second kappa shape index (κ2) is 6.00. The summed E-state index contributed by atoms with van der Waals surface area (Å²) in [6.45, 7) is 1.76. The SMILES string of the molecule is Cc1ccc(C(O)C(O)CCCl)c(C(=O)O)c1. The highest BCUT2D eigenvalue weighted by Gasteiger charge is 2.23. The third kappa shape index (κ3) is 3.43. The molecule has 4 nitrogen and oxygen atoms in total. The molecule has 17 heavy (non-hydrogen) atoms. The van der Waals surface area contributed by atoms with Gasteiger partial charge in [-0.05, 0) is 25.0 Å². The van der Waals surface area contributed by atoms with Crippen molar-refractivity contribution in [2.24, 2.45) is 0 Å². The number of hydrogen-bond acceptors (Lipinski definition) is 3. The normalized spacial score (nSPS) is 14.4. The van der Waals surface area contributed by atoms with Gasteiger partial charge >= 0.3 is 5.97 Å². The number of halogens is 1. The molecule has 94 valence electrons. The van der Waals surface area contributed by atoms with E-state index in [1.165, 1.54) is 12.1 Å². The van der Waals surface area contributed by atoms with E-state index in [1.807, 2.05) is 0 Å². The average Bonchev–Trinajstić information content (AvgIpc) is 2.28. The molecule has 1 aromatic carbocycles. The van der Waals surface area contributed by atoms with E-state index >= 15 is 0 Å². The van der Waals surface area contributed by atoms with Crippen LogP contribution in [0.3, 0.4) is 0 Å². The molecule has 0 bridgehead atoms. The van der Waals surface area contributed by atoms with E-state index < -0.39 is 18.2 Å². The molecule has 1 rings (SSSR count). The molecule has 0 aliphatic carbocycles. The quantitative estimate of drug-likeness (QED) is 0.703. The van der Waals surface area contributed by atoms with Crippen molar-refractivity contribution in [3.05, 3.63) is 34.9 Å². The fourth-order valence-corrected chi connectivity index (χ4v) is 1.81. The molecular formula is C12H15ClO4. The molecule has 2 unspecified atom stereocenters. The smallest absolute Gasteiger partial charge is 0.336 e. The molecule has 0 amide bonds. The van der Waals surface area contributed by atoms with Crippen LogP contribution in [0.5, 0.6) is 0 Å². The van der Waals surface area contributed by atoms with Crippen molar-refractivity contribution in [2.45, 2.75) is 25.6 Å². The Balaban J connectivity index is 3.08. The first kappa shape index (κ1) is 14.0. The maximum Gasteiger partial charge on any atom is 0.336 e. The van der Waals surface area contributed by atoms with Gasteiger partial charge in [-0.15, -0.1) is 11.6 Å². The van der Waals surface area contributed by atoms with Gasteiger partial charge in [-0.2, -0.15) is 0 Å². The highest BCUT2D eigenvalue weighted by Crippen LogP contribution is 2.24. The van der Waals surface area contributed by atoms with Gasteiger partial charge in [-0.25, -0.2) is 4.79 Å². The van der Waals surface area contributed by atoms with Gasteiger partial charge in [0.1, 0.15) is 6.10 Å². The maximum absolute atomic E-state index is 11.0. The van der Waals surface area contributed by atoms with Gasteiger partial charge in [-0.3, -0.25) is 0 Å². The van der Waals surface area contributed by atoms with E-state index in [9.17, 15) is 15.0 Å². The van der Waals surface area contributed by atoms with Gasteiger partial charge in [0.2, 0.25) is 0 Å². The first-order valence-corrected chi connectivity index (χ1v) is 5.76. The van der Waals surface area contributed by atoms with Crippen molar-refractivity contribution < 1.29 is 20.1 Å². The third-order valence-corrected chi connectivity index (χ3v) is 2.75. The van der Waals surface area contributed by atoms with Crippen LogP contribution in [-0.4, -0.2) is 33.3 Å². The number of carboxylic acid groups (broad SMARTS) is 1. The Bertz CT molecular complexity index is 405. The van der Waals surface area contributed by atoms with Crippen LogP contribution >= 0.6 is 11.6 Å². The van der Waals surface area contributed by atoms with Crippen molar-refractivity contribution in [2.75, 3.05) is 5.88 Å². The highest BCUT2D eigenvalue weighted by atomic mass is 35.5. The number of carboxylic acids is 1. The van der Waals surface area contributed by atoms with Gasteiger partial charge in [0, 0.05) is 5.88 Å². The number of aromatic carboxylic acids is 1. The fraction of sp³-hybridized carbons (Fsp3) is 0.417. The lowest BCUT2D eigenvalue weighted by atomic mass is 9.96. The molecule has 0 spiro atoms. The van der Waals surface area contributed by atoms with Crippen molar-refractivity contribution in [1.29, 1.82) is 0 Å². The Morgan fingerprint density at radius 2 is 2.06 bits per heavy atom. The van der Waals surface area contributed by atoms with Gasteiger partial charge in [-0.1, -0.05) is 17.7 Å². The Morgan fingerprint density at radius 1 is 1.41 bits per heavy atom. The van der Waals surface area contributed by atoms with Gasteiger partial charge in [0.15, 0.2) is 0 Å². The van der Waals surface area contributed by atoms with Gasteiger partial charge < -0.3 is 15.3 Å². The molecule has 0 aliphatic rings. The molecule has 0 heterocycles. The minimum absolute atomic E-state index is 0.00567. The fourth-order valence-electron chi connectivity index (χ4n) is 1.59. The molecule has 1 aromatic rings. The minimum Gasteiger partial charge on any atom is -0.478 e. The van der Waals surface area contributed by atoms with E-state index in [-0.39, 0.29) is 23.4 Å². The van der Waals surface area contributed by atoms with Crippen LogP contribution in [0, 0.1) is 6.92 Å². The summed E-state index contributed by atoms with van der Waals surface area (Å²) >= 11 is 5.47. The van der Waals surface area contributed by atoms with E-state index in [1.54, 1.807) is 13.0 Å². The number of aryl methyl sites for hydroxylation is 1. The summed E-state index contributed by atoms with van der Waals surface area (Å²) < 4.78 is 0. The van der Waals surface area contributed by atoms with Crippen molar-refractivity contribution >= 4 is 17.6 Å². The number of aliphatic hydroxyl groups excluding tert-OH is 2. The second-order valence-electron chi connectivity index (χ2n) is 3.89. The Morgan fingerprint density at radius 3 is 2.59 bits per heavy atom. The van der Waals surface area contributed by atoms with Gasteiger partial charge in [0.25, 0.3) is 0 Å². The monoisotopic (exact) mass is 258 g/mol. The Hall–Kier alpha value is -1.10. The van der Waals surface area contributed by atoms with Gasteiger partial charge in [0.05, 0.1) is 11.7 Å². The number of aliphatic hydroxyl groups is 2. The first-order chi connectivity index (χ1) is 7.97. The number of hydrogen-bond donors (Lipinski definition) is 3. The summed E-state index contributed by atoms with van der Waals surface area (Å²) in [5.74, 6) is -0.923. The second-order valence-corrected chi connectivity index (χ2v) is 4.26. The average molecular weight is 259 g/mol. The van der Waals surface area contributed by atoms with Crippen molar-refractivity contribution in [3.63, 3.8) is 0 Å². The van der Waals surface area contributed by atoms with Crippen LogP contribution < -0.4 is 0 Å². The molecule has 0 saturated heterocycles. The largest absolute Gasteiger partial charge is 0.478 e. The zero-order chi connectivity index (χ0) is 13.0. The molecular weight excluding hydrogens is 244 g/mol. The topological polar surface area (TPSA) is 77.8 Å². The molecule has 3 N–H and O–H groups in total. The van der Waals surface area contributed by atoms with E-state index in [0.29, 0.717) is 0 Å². The number of alkyl halides is 1. The molecule has 0 radical (unpaired) electrons. The molecule has 0 aromatic heterocycles. The molecule has 0 aliphatic heterocycles. The highest BCUT2D eigenvalue weighted by molar-refractivity contribution is 6.17. The summed E-state index contributed by atoms with van der Waals surface area (Å²) in [6.07, 6.45) is -2.09. The lowest BCUT2D eigenvalue weighted by Crippen LogP contribution is -2.21. The van der Waals surface area contributed by atoms with Crippen LogP contribution in [0.4, 0.5) is 0 Å². The predicted molar refractivity (Wildman–Crippen MR) is 64.4 cm³/mol.